The van der Waals surface area contributed by atoms with Gasteiger partial charge in [-0.2, -0.15) is 9.61 Å². The molecule has 2 heterocycles. The minimum Gasteiger partial charge on any atom is -0.182 e. The number of aromatic nitrogens is 4. The van der Waals surface area contributed by atoms with Crippen molar-refractivity contribution in [2.24, 2.45) is 0 Å². The molecule has 0 bridgehead atoms. The molecule has 0 radical (unpaired) electrons. The molecule has 23 heavy (non-hydrogen) atoms. The maximum absolute atomic E-state index is 4.60. The summed E-state index contributed by atoms with van der Waals surface area (Å²) >= 11 is 5.00. The fraction of sp³-hybridized carbons (Fsp3) is 0. The van der Waals surface area contributed by atoms with Crippen LogP contribution in [0.3, 0.4) is 0 Å². The highest BCUT2D eigenvalue weighted by molar-refractivity contribution is 9.10. The van der Waals surface area contributed by atoms with E-state index in [0.29, 0.717) is 0 Å². The van der Waals surface area contributed by atoms with Crippen LogP contribution >= 0.6 is 27.3 Å². The molecule has 0 saturated heterocycles. The number of rotatable bonds is 3. The molecule has 4 rings (SSSR count). The van der Waals surface area contributed by atoms with E-state index in [-0.39, 0.29) is 0 Å². The van der Waals surface area contributed by atoms with Crippen molar-refractivity contribution in [3.8, 4) is 11.4 Å². The Labute approximate surface area is 145 Å². The topological polar surface area (TPSA) is 43.1 Å². The maximum atomic E-state index is 4.60. The van der Waals surface area contributed by atoms with Gasteiger partial charge in [0, 0.05) is 10.0 Å². The Kier molecular flexibility index (Phi) is 3.77. The van der Waals surface area contributed by atoms with E-state index < -0.39 is 0 Å². The van der Waals surface area contributed by atoms with Gasteiger partial charge in [0.25, 0.3) is 0 Å². The molecule has 0 N–H and O–H groups in total. The Morgan fingerprint density at radius 2 is 1.83 bits per heavy atom. The number of hydrogen-bond acceptors (Lipinski definition) is 4. The molecule has 0 atom stereocenters. The number of halogens is 1. The quantitative estimate of drug-likeness (QED) is 0.511. The summed E-state index contributed by atoms with van der Waals surface area (Å²) in [5.41, 5.74) is 2.13. The third-order valence-corrected chi connectivity index (χ3v) is 4.66. The second-order valence-corrected chi connectivity index (χ2v) is 6.82. The summed E-state index contributed by atoms with van der Waals surface area (Å²) in [4.78, 5) is 0.785. The highest BCUT2D eigenvalue weighted by Gasteiger charge is 2.12. The number of benzene rings is 2. The predicted molar refractivity (Wildman–Crippen MR) is 97.2 cm³/mol. The number of fused-ring (bicyclic) bond motifs is 1. The molecule has 0 saturated carbocycles. The average molecular weight is 383 g/mol. The molecule has 0 spiro atoms. The largest absolute Gasteiger partial charge is 0.235 e. The molecule has 6 heteroatoms. The van der Waals surface area contributed by atoms with Gasteiger partial charge in [-0.05, 0) is 23.8 Å². The van der Waals surface area contributed by atoms with Gasteiger partial charge in [-0.1, -0.05) is 75.8 Å². The first-order valence-corrected chi connectivity index (χ1v) is 8.62. The van der Waals surface area contributed by atoms with Gasteiger partial charge < -0.3 is 0 Å². The van der Waals surface area contributed by atoms with Gasteiger partial charge in [0.1, 0.15) is 5.01 Å². The van der Waals surface area contributed by atoms with E-state index >= 15 is 0 Å². The van der Waals surface area contributed by atoms with Crippen molar-refractivity contribution in [2.75, 3.05) is 0 Å². The van der Waals surface area contributed by atoms with Crippen LogP contribution in [0.5, 0.6) is 0 Å². The minimum atomic E-state index is 0.747. The SMILES string of the molecule is Brc1cccc(-c2nnc3sc(/C=C/c4ccccc4)nn23)c1. The second kappa shape index (κ2) is 6.06. The number of nitrogens with zero attached hydrogens (tertiary/aromatic N) is 4. The molecule has 0 aliphatic rings. The van der Waals surface area contributed by atoms with E-state index in [1.807, 2.05) is 54.6 Å². The van der Waals surface area contributed by atoms with Crippen LogP contribution in [-0.4, -0.2) is 19.8 Å². The summed E-state index contributed by atoms with van der Waals surface area (Å²) in [5, 5.41) is 14.0. The first-order valence-electron chi connectivity index (χ1n) is 7.01. The van der Waals surface area contributed by atoms with Gasteiger partial charge >= 0.3 is 0 Å². The molecule has 4 nitrogen and oxygen atoms in total. The lowest BCUT2D eigenvalue weighted by Crippen LogP contribution is -1.90. The van der Waals surface area contributed by atoms with E-state index in [1.54, 1.807) is 4.52 Å². The molecule has 0 unspecified atom stereocenters. The average Bonchev–Trinajstić information content (AvgIpc) is 3.14. The highest BCUT2D eigenvalue weighted by Crippen LogP contribution is 2.24. The first-order chi connectivity index (χ1) is 11.3. The van der Waals surface area contributed by atoms with E-state index in [4.69, 9.17) is 0 Å². The molecular formula is C17H11BrN4S. The lowest BCUT2D eigenvalue weighted by atomic mass is 10.2. The van der Waals surface area contributed by atoms with Crippen LogP contribution in [0.1, 0.15) is 10.6 Å². The third kappa shape index (κ3) is 2.95. The van der Waals surface area contributed by atoms with Crippen LogP contribution in [-0.2, 0) is 0 Å². The van der Waals surface area contributed by atoms with E-state index in [9.17, 15) is 0 Å². The molecule has 0 aliphatic heterocycles. The Morgan fingerprint density at radius 1 is 0.957 bits per heavy atom. The second-order valence-electron chi connectivity index (χ2n) is 4.91. The lowest BCUT2D eigenvalue weighted by molar-refractivity contribution is 0.959. The Balaban J connectivity index is 1.71. The highest BCUT2D eigenvalue weighted by atomic mass is 79.9. The molecule has 0 amide bonds. The summed E-state index contributed by atoms with van der Waals surface area (Å²) in [6.07, 6.45) is 4.05. The van der Waals surface area contributed by atoms with Crippen LogP contribution in [0.2, 0.25) is 0 Å². The molecule has 112 valence electrons. The zero-order chi connectivity index (χ0) is 15.6. The van der Waals surface area contributed by atoms with E-state index in [0.717, 1.165) is 31.4 Å². The van der Waals surface area contributed by atoms with Crippen molar-refractivity contribution in [1.29, 1.82) is 0 Å². The monoisotopic (exact) mass is 382 g/mol. The van der Waals surface area contributed by atoms with Crippen molar-refractivity contribution in [3.05, 3.63) is 69.6 Å². The fourth-order valence-corrected chi connectivity index (χ4v) is 3.38. The van der Waals surface area contributed by atoms with Gasteiger partial charge in [0.2, 0.25) is 4.96 Å². The summed E-state index contributed by atoms with van der Waals surface area (Å²) in [6.45, 7) is 0. The predicted octanol–water partition coefficient (Wildman–Crippen LogP) is 4.79. The third-order valence-electron chi connectivity index (χ3n) is 3.31. The summed E-state index contributed by atoms with van der Waals surface area (Å²) in [6, 6.07) is 18.1. The zero-order valence-corrected chi connectivity index (χ0v) is 14.3. The first kappa shape index (κ1) is 14.3. The standard InChI is InChI=1S/C17H11BrN4S/c18-14-8-4-7-13(11-14)16-19-20-17-22(16)21-15(23-17)10-9-12-5-2-1-3-6-12/h1-11H/b10-9+. The fourth-order valence-electron chi connectivity index (χ4n) is 2.24. The molecule has 4 aromatic rings. The van der Waals surface area contributed by atoms with Gasteiger partial charge in [-0.15, -0.1) is 10.2 Å². The van der Waals surface area contributed by atoms with E-state index in [1.165, 1.54) is 11.3 Å². The summed E-state index contributed by atoms with van der Waals surface area (Å²) < 4.78 is 2.79. The minimum absolute atomic E-state index is 0.747. The van der Waals surface area contributed by atoms with Crippen molar-refractivity contribution in [2.45, 2.75) is 0 Å². The van der Waals surface area contributed by atoms with Crippen LogP contribution in [0.25, 0.3) is 28.5 Å². The summed E-state index contributed by atoms with van der Waals surface area (Å²) in [7, 11) is 0. The zero-order valence-electron chi connectivity index (χ0n) is 11.9. The Bertz CT molecular complexity index is 988. The number of hydrogen-bond donors (Lipinski definition) is 0. The smallest absolute Gasteiger partial charge is 0.182 e. The molecular weight excluding hydrogens is 372 g/mol. The van der Waals surface area contributed by atoms with Crippen LogP contribution in [0, 0.1) is 0 Å². The summed E-state index contributed by atoms with van der Waals surface area (Å²) in [5.74, 6) is 0.747. The molecule has 2 aromatic carbocycles. The van der Waals surface area contributed by atoms with Crippen molar-refractivity contribution < 1.29 is 0 Å². The van der Waals surface area contributed by atoms with Crippen molar-refractivity contribution >= 4 is 44.4 Å². The Hall–Kier alpha value is -2.31. The van der Waals surface area contributed by atoms with Gasteiger partial charge in [0.15, 0.2) is 5.82 Å². The molecule has 2 aromatic heterocycles. The van der Waals surface area contributed by atoms with Gasteiger partial charge in [0.05, 0.1) is 0 Å². The molecule has 0 aliphatic carbocycles. The van der Waals surface area contributed by atoms with Crippen molar-refractivity contribution in [3.63, 3.8) is 0 Å². The van der Waals surface area contributed by atoms with E-state index in [2.05, 4.69) is 43.4 Å². The lowest BCUT2D eigenvalue weighted by Gasteiger charge is -1.97. The van der Waals surface area contributed by atoms with Crippen LogP contribution < -0.4 is 0 Å². The molecule has 0 fully saturated rings. The maximum Gasteiger partial charge on any atom is 0.235 e. The van der Waals surface area contributed by atoms with Crippen LogP contribution in [0.15, 0.2) is 59.1 Å². The Morgan fingerprint density at radius 3 is 2.65 bits per heavy atom. The van der Waals surface area contributed by atoms with Crippen LogP contribution in [0.4, 0.5) is 0 Å². The van der Waals surface area contributed by atoms with Crippen molar-refractivity contribution in [1.82, 2.24) is 19.8 Å². The van der Waals surface area contributed by atoms with Gasteiger partial charge in [-0.25, -0.2) is 0 Å². The normalized spacial score (nSPS) is 11.5. The van der Waals surface area contributed by atoms with Gasteiger partial charge in [-0.3, -0.25) is 0 Å².